The van der Waals surface area contributed by atoms with E-state index in [1.165, 1.54) is 6.07 Å². The minimum atomic E-state index is -2.68. The quantitative estimate of drug-likeness (QED) is 0.796. The van der Waals surface area contributed by atoms with Crippen LogP contribution in [0.5, 0.6) is 0 Å². The molecule has 0 spiro atoms. The molecule has 5 heteroatoms. The van der Waals surface area contributed by atoms with Gasteiger partial charge in [-0.1, -0.05) is 17.7 Å². The smallest absolute Gasteiger partial charge is 0.257 e. The van der Waals surface area contributed by atoms with Gasteiger partial charge in [-0.15, -0.1) is 0 Å². The van der Waals surface area contributed by atoms with Crippen molar-refractivity contribution in [1.29, 1.82) is 0 Å². The van der Waals surface area contributed by atoms with Crippen LogP contribution in [0.3, 0.4) is 0 Å². The van der Waals surface area contributed by atoms with Gasteiger partial charge in [-0.05, 0) is 17.7 Å². The maximum atomic E-state index is 12.6. The van der Waals surface area contributed by atoms with Crippen molar-refractivity contribution in [3.63, 3.8) is 0 Å². The minimum absolute atomic E-state index is 0.126. The first kappa shape index (κ1) is 10.3. The average molecular weight is 210 g/mol. The molecule has 0 aliphatic heterocycles. The fraction of sp³-hybridized carbons (Fsp3) is 0.250. The Morgan fingerprint density at radius 2 is 1.92 bits per heavy atom. The molecule has 1 atom stereocenters. The zero-order chi connectivity index (χ0) is 10.0. The first-order valence-corrected chi connectivity index (χ1v) is 3.89. The van der Waals surface area contributed by atoms with E-state index in [4.69, 9.17) is 17.3 Å². The fourth-order valence-electron chi connectivity index (χ4n) is 0.865. The van der Waals surface area contributed by atoms with Crippen LogP contribution in [0.2, 0.25) is 5.02 Å². The highest BCUT2D eigenvalue weighted by atomic mass is 35.5. The van der Waals surface area contributed by atoms with Crippen LogP contribution in [0.1, 0.15) is 11.6 Å². The van der Waals surface area contributed by atoms with E-state index in [2.05, 4.69) is 0 Å². The largest absolute Gasteiger partial charge is 0.319 e. The number of benzene rings is 1. The lowest BCUT2D eigenvalue weighted by atomic mass is 10.1. The van der Waals surface area contributed by atoms with E-state index in [9.17, 15) is 13.2 Å². The van der Waals surface area contributed by atoms with Gasteiger partial charge < -0.3 is 5.73 Å². The van der Waals surface area contributed by atoms with E-state index in [-0.39, 0.29) is 10.6 Å². The third kappa shape index (κ3) is 2.35. The van der Waals surface area contributed by atoms with E-state index < -0.39 is 18.3 Å². The zero-order valence-corrected chi connectivity index (χ0v) is 7.23. The first-order valence-electron chi connectivity index (χ1n) is 3.51. The maximum Gasteiger partial charge on any atom is 0.257 e. The van der Waals surface area contributed by atoms with Crippen LogP contribution in [0.15, 0.2) is 18.2 Å². The zero-order valence-electron chi connectivity index (χ0n) is 6.48. The molecule has 13 heavy (non-hydrogen) atoms. The molecule has 0 amide bonds. The van der Waals surface area contributed by atoms with Gasteiger partial charge in [0, 0.05) is 0 Å². The molecule has 0 bridgehead atoms. The van der Waals surface area contributed by atoms with Crippen molar-refractivity contribution in [3.8, 4) is 0 Å². The van der Waals surface area contributed by atoms with Crippen molar-refractivity contribution < 1.29 is 13.2 Å². The van der Waals surface area contributed by atoms with Crippen molar-refractivity contribution in [2.45, 2.75) is 12.5 Å². The number of alkyl halides is 2. The predicted octanol–water partition coefficient (Wildman–Crippen LogP) is 2.74. The standard InChI is InChI=1S/C8H7ClF3N/c9-5-3-4(1-2-6(5)10)7(13)8(11)12/h1-3,7-8H,13H2/t7-/m1/s1. The topological polar surface area (TPSA) is 26.0 Å². The molecule has 0 unspecified atom stereocenters. The Morgan fingerprint density at radius 3 is 2.38 bits per heavy atom. The highest BCUT2D eigenvalue weighted by Crippen LogP contribution is 2.22. The summed E-state index contributed by atoms with van der Waals surface area (Å²) >= 11 is 5.39. The second-order valence-electron chi connectivity index (χ2n) is 2.53. The molecule has 0 aliphatic carbocycles. The summed E-state index contributed by atoms with van der Waals surface area (Å²) in [6, 6.07) is 1.89. The molecule has 72 valence electrons. The van der Waals surface area contributed by atoms with Crippen molar-refractivity contribution in [1.82, 2.24) is 0 Å². The molecule has 1 aromatic rings. The molecule has 0 aliphatic rings. The molecule has 1 rings (SSSR count). The molecular formula is C8H7ClF3N. The molecule has 0 fully saturated rings. The minimum Gasteiger partial charge on any atom is -0.319 e. The molecule has 0 aromatic heterocycles. The Kier molecular flexibility index (Phi) is 3.17. The molecule has 1 aromatic carbocycles. The monoisotopic (exact) mass is 209 g/mol. The summed E-state index contributed by atoms with van der Waals surface area (Å²) in [4.78, 5) is 0. The normalized spacial score (nSPS) is 13.4. The average Bonchev–Trinajstić information content (AvgIpc) is 2.08. The molecule has 2 N–H and O–H groups in total. The van der Waals surface area contributed by atoms with Crippen molar-refractivity contribution in [2.75, 3.05) is 0 Å². The summed E-state index contributed by atoms with van der Waals surface area (Å²) < 4.78 is 36.8. The summed E-state index contributed by atoms with van der Waals surface area (Å²) in [7, 11) is 0. The molecule has 0 radical (unpaired) electrons. The van der Waals surface area contributed by atoms with Crippen molar-refractivity contribution in [3.05, 3.63) is 34.6 Å². The van der Waals surface area contributed by atoms with Crippen LogP contribution in [0.4, 0.5) is 13.2 Å². The third-order valence-corrected chi connectivity index (χ3v) is 1.89. The Labute approximate surface area is 78.3 Å². The van der Waals surface area contributed by atoms with E-state index in [0.29, 0.717) is 0 Å². The van der Waals surface area contributed by atoms with Gasteiger partial charge in [-0.25, -0.2) is 13.2 Å². The Morgan fingerprint density at radius 1 is 1.31 bits per heavy atom. The number of hydrogen-bond acceptors (Lipinski definition) is 1. The Bertz CT molecular complexity index is 303. The van der Waals surface area contributed by atoms with E-state index in [1.54, 1.807) is 0 Å². The maximum absolute atomic E-state index is 12.6. The molecule has 0 saturated heterocycles. The van der Waals surface area contributed by atoms with Crippen LogP contribution >= 0.6 is 11.6 Å². The lowest BCUT2D eigenvalue weighted by Crippen LogP contribution is -2.18. The number of rotatable bonds is 2. The third-order valence-electron chi connectivity index (χ3n) is 1.60. The van der Waals surface area contributed by atoms with Gasteiger partial charge in [0.15, 0.2) is 0 Å². The lowest BCUT2D eigenvalue weighted by Gasteiger charge is -2.10. The summed E-state index contributed by atoms with van der Waals surface area (Å²) in [5.74, 6) is -0.646. The summed E-state index contributed by atoms with van der Waals surface area (Å²) in [6.45, 7) is 0. The summed E-state index contributed by atoms with van der Waals surface area (Å²) in [5.41, 5.74) is 5.25. The van der Waals surface area contributed by atoms with Crippen LogP contribution in [-0.4, -0.2) is 6.43 Å². The van der Waals surface area contributed by atoms with Crippen LogP contribution in [0.25, 0.3) is 0 Å². The van der Waals surface area contributed by atoms with Crippen molar-refractivity contribution >= 4 is 11.6 Å². The summed E-state index contributed by atoms with van der Waals surface area (Å²) in [5, 5.41) is -0.200. The van der Waals surface area contributed by atoms with Gasteiger partial charge in [0.05, 0.1) is 11.1 Å². The van der Waals surface area contributed by atoms with Crippen LogP contribution in [0, 0.1) is 5.82 Å². The van der Waals surface area contributed by atoms with Gasteiger partial charge in [0.2, 0.25) is 0 Å². The van der Waals surface area contributed by atoms with Gasteiger partial charge >= 0.3 is 0 Å². The first-order chi connectivity index (χ1) is 6.02. The summed E-state index contributed by atoms with van der Waals surface area (Å²) in [6.07, 6.45) is -2.68. The van der Waals surface area contributed by atoms with Gasteiger partial charge in [-0.3, -0.25) is 0 Å². The fourth-order valence-corrected chi connectivity index (χ4v) is 1.05. The van der Waals surface area contributed by atoms with Crippen LogP contribution in [-0.2, 0) is 0 Å². The van der Waals surface area contributed by atoms with Gasteiger partial charge in [-0.2, -0.15) is 0 Å². The van der Waals surface area contributed by atoms with Crippen molar-refractivity contribution in [2.24, 2.45) is 5.73 Å². The van der Waals surface area contributed by atoms with E-state index in [0.717, 1.165) is 12.1 Å². The molecule has 0 heterocycles. The van der Waals surface area contributed by atoms with Gasteiger partial charge in [0.1, 0.15) is 5.82 Å². The highest BCUT2D eigenvalue weighted by Gasteiger charge is 2.18. The van der Waals surface area contributed by atoms with Crippen LogP contribution < -0.4 is 5.73 Å². The number of hydrogen-bond donors (Lipinski definition) is 1. The van der Waals surface area contributed by atoms with E-state index >= 15 is 0 Å². The lowest BCUT2D eigenvalue weighted by molar-refractivity contribution is 0.116. The number of halogens is 4. The number of nitrogens with two attached hydrogens (primary N) is 1. The Hall–Kier alpha value is -0.740. The van der Waals surface area contributed by atoms with Gasteiger partial charge in [0.25, 0.3) is 6.43 Å². The molecule has 1 nitrogen and oxygen atoms in total. The SMILES string of the molecule is N[C@H](c1ccc(F)c(Cl)c1)C(F)F. The second kappa shape index (κ2) is 3.98. The Balaban J connectivity index is 2.97. The molecule has 0 saturated carbocycles. The molecular weight excluding hydrogens is 203 g/mol. The highest BCUT2D eigenvalue weighted by molar-refractivity contribution is 6.30. The predicted molar refractivity (Wildman–Crippen MR) is 44.3 cm³/mol. The second-order valence-corrected chi connectivity index (χ2v) is 2.94. The van der Waals surface area contributed by atoms with E-state index in [1.807, 2.05) is 0 Å².